The van der Waals surface area contributed by atoms with Gasteiger partial charge in [-0.15, -0.1) is 0 Å². The normalized spacial score (nSPS) is 12.0. The number of rotatable bonds is 3. The van der Waals surface area contributed by atoms with Gasteiger partial charge in [0.1, 0.15) is 0 Å². The number of carbonyl (C=O) groups is 1. The van der Waals surface area contributed by atoms with Gasteiger partial charge in [0, 0.05) is 6.07 Å². The van der Waals surface area contributed by atoms with E-state index >= 15 is 0 Å². The zero-order chi connectivity index (χ0) is 14.8. The third-order valence-corrected chi connectivity index (χ3v) is 2.86. The van der Waals surface area contributed by atoms with Gasteiger partial charge < -0.3 is 14.2 Å². The Morgan fingerprint density at radius 3 is 2.48 bits per heavy atom. The number of ether oxygens (including phenoxy) is 3. The van der Waals surface area contributed by atoms with Crippen LogP contribution in [0, 0.1) is 10.1 Å². The number of hydrogen-bond acceptors (Lipinski definition) is 6. The van der Waals surface area contributed by atoms with Gasteiger partial charge in [-0.25, -0.2) is 4.79 Å². The monoisotopic (exact) mass is 287 g/mol. The first-order valence-corrected chi connectivity index (χ1v) is 6.00. The number of nitro groups is 1. The molecule has 1 aliphatic rings. The summed E-state index contributed by atoms with van der Waals surface area (Å²) in [4.78, 5) is 22.4. The fourth-order valence-corrected chi connectivity index (χ4v) is 1.87. The number of fused-ring (bicyclic) bond motifs is 1. The van der Waals surface area contributed by atoms with Gasteiger partial charge in [-0.2, -0.15) is 0 Å². The van der Waals surface area contributed by atoms with E-state index in [9.17, 15) is 14.9 Å². The van der Waals surface area contributed by atoms with Crippen molar-refractivity contribution in [2.45, 2.75) is 0 Å². The predicted octanol–water partition coefficient (Wildman–Crippen LogP) is 2.54. The van der Waals surface area contributed by atoms with Crippen molar-refractivity contribution >= 4 is 11.7 Å². The molecule has 7 nitrogen and oxygen atoms in total. The van der Waals surface area contributed by atoms with Crippen LogP contribution in [0.1, 0.15) is 10.4 Å². The summed E-state index contributed by atoms with van der Waals surface area (Å²) in [5, 5.41) is 11.1. The van der Waals surface area contributed by atoms with Gasteiger partial charge in [0.05, 0.1) is 16.6 Å². The van der Waals surface area contributed by atoms with Crippen LogP contribution in [0.15, 0.2) is 42.5 Å². The molecule has 0 atom stereocenters. The van der Waals surface area contributed by atoms with Crippen LogP contribution in [0.2, 0.25) is 0 Å². The van der Waals surface area contributed by atoms with Crippen molar-refractivity contribution < 1.29 is 23.9 Å². The molecular weight excluding hydrogens is 278 g/mol. The van der Waals surface area contributed by atoms with Crippen molar-refractivity contribution in [3.8, 4) is 17.2 Å². The molecule has 1 aliphatic heterocycles. The molecule has 0 saturated heterocycles. The van der Waals surface area contributed by atoms with Crippen LogP contribution in [0.4, 0.5) is 5.69 Å². The van der Waals surface area contributed by atoms with Crippen molar-refractivity contribution in [3.05, 3.63) is 58.1 Å². The molecule has 2 aromatic rings. The molecule has 0 aromatic heterocycles. The molecule has 0 fully saturated rings. The van der Waals surface area contributed by atoms with Crippen LogP contribution in [0.5, 0.6) is 17.2 Å². The summed E-state index contributed by atoms with van der Waals surface area (Å²) in [6, 6.07) is 10.7. The average Bonchev–Trinajstić information content (AvgIpc) is 2.94. The third kappa shape index (κ3) is 2.48. The summed E-state index contributed by atoms with van der Waals surface area (Å²) in [6.07, 6.45) is 0. The largest absolute Gasteiger partial charge is 0.453 e. The quantitative estimate of drug-likeness (QED) is 0.373. The van der Waals surface area contributed by atoms with E-state index in [1.807, 2.05) is 0 Å². The minimum atomic E-state index is -0.683. The first kappa shape index (κ1) is 12.9. The van der Waals surface area contributed by atoms with E-state index in [0.717, 1.165) is 0 Å². The molecule has 106 valence electrons. The highest BCUT2D eigenvalue weighted by molar-refractivity contribution is 5.91. The number of benzene rings is 2. The zero-order valence-electron chi connectivity index (χ0n) is 10.6. The van der Waals surface area contributed by atoms with Crippen molar-refractivity contribution in [2.75, 3.05) is 6.79 Å². The van der Waals surface area contributed by atoms with Crippen molar-refractivity contribution in [1.82, 2.24) is 0 Å². The minimum absolute atomic E-state index is 0.0252. The van der Waals surface area contributed by atoms with E-state index < -0.39 is 10.9 Å². The minimum Gasteiger partial charge on any atom is -0.453 e. The smallest absolute Gasteiger partial charge is 0.343 e. The third-order valence-electron chi connectivity index (χ3n) is 2.86. The van der Waals surface area contributed by atoms with Gasteiger partial charge in [-0.05, 0) is 12.1 Å². The summed E-state index contributed by atoms with van der Waals surface area (Å²) < 4.78 is 15.3. The molecule has 1 heterocycles. The van der Waals surface area contributed by atoms with Crippen molar-refractivity contribution in [2.24, 2.45) is 0 Å². The Labute approximate surface area is 118 Å². The molecule has 0 radical (unpaired) electrons. The maximum atomic E-state index is 12.0. The number of esters is 1. The molecule has 7 heteroatoms. The van der Waals surface area contributed by atoms with E-state index in [-0.39, 0.29) is 24.0 Å². The standard InChI is InChI=1S/C14H9NO6/c16-14(9-4-2-1-3-5-9)21-11-7-13-12(19-8-20-13)6-10(11)15(17)18/h1-7H,8H2. The SMILES string of the molecule is O=C(Oc1cc2c(cc1[N+](=O)[O-])OCO2)c1ccccc1. The van der Waals surface area contributed by atoms with Gasteiger partial charge in [-0.1, -0.05) is 18.2 Å². The van der Waals surface area contributed by atoms with Crippen LogP contribution in [-0.2, 0) is 0 Å². The molecule has 0 aliphatic carbocycles. The van der Waals surface area contributed by atoms with Gasteiger partial charge in [-0.3, -0.25) is 10.1 Å². The summed E-state index contributed by atoms with van der Waals surface area (Å²) in [7, 11) is 0. The van der Waals surface area contributed by atoms with Gasteiger partial charge in [0.15, 0.2) is 11.5 Å². The second-order valence-electron chi connectivity index (χ2n) is 4.19. The van der Waals surface area contributed by atoms with Crippen LogP contribution in [0.3, 0.4) is 0 Å². The Bertz CT molecular complexity index is 713. The van der Waals surface area contributed by atoms with Gasteiger partial charge >= 0.3 is 11.7 Å². The molecule has 0 unspecified atom stereocenters. The van der Waals surface area contributed by atoms with Crippen LogP contribution < -0.4 is 14.2 Å². The van der Waals surface area contributed by atoms with E-state index in [2.05, 4.69) is 0 Å². The average molecular weight is 287 g/mol. The molecule has 21 heavy (non-hydrogen) atoms. The Morgan fingerprint density at radius 1 is 1.14 bits per heavy atom. The van der Waals surface area contributed by atoms with Crippen LogP contribution in [-0.4, -0.2) is 17.7 Å². The summed E-state index contributed by atoms with van der Waals surface area (Å²) in [6.45, 7) is -0.0252. The molecule has 2 aromatic carbocycles. The molecule has 0 saturated carbocycles. The Balaban J connectivity index is 1.95. The van der Waals surface area contributed by atoms with Gasteiger partial charge in [0.2, 0.25) is 12.5 Å². The second-order valence-corrected chi connectivity index (χ2v) is 4.19. The highest BCUT2D eigenvalue weighted by Gasteiger charge is 2.26. The molecule has 3 rings (SSSR count). The Kier molecular flexibility index (Phi) is 3.15. The van der Waals surface area contributed by atoms with Crippen molar-refractivity contribution in [1.29, 1.82) is 0 Å². The molecule has 0 bridgehead atoms. The van der Waals surface area contributed by atoms with E-state index in [0.29, 0.717) is 11.3 Å². The first-order valence-electron chi connectivity index (χ1n) is 6.00. The number of carbonyl (C=O) groups excluding carboxylic acids is 1. The summed E-state index contributed by atoms with van der Waals surface area (Å²) >= 11 is 0. The predicted molar refractivity (Wildman–Crippen MR) is 70.6 cm³/mol. The Morgan fingerprint density at radius 2 is 1.81 bits per heavy atom. The lowest BCUT2D eigenvalue weighted by Crippen LogP contribution is -2.09. The fraction of sp³-hybridized carbons (Fsp3) is 0.0714. The lowest BCUT2D eigenvalue weighted by atomic mass is 10.2. The van der Waals surface area contributed by atoms with E-state index in [1.165, 1.54) is 12.1 Å². The Hall–Kier alpha value is -3.09. The molecule has 0 N–H and O–H groups in total. The zero-order valence-corrected chi connectivity index (χ0v) is 10.6. The molecular formula is C14H9NO6. The number of nitrogens with zero attached hydrogens (tertiary/aromatic N) is 1. The number of nitro benzene ring substituents is 1. The van der Waals surface area contributed by atoms with Crippen LogP contribution in [0.25, 0.3) is 0 Å². The lowest BCUT2D eigenvalue weighted by molar-refractivity contribution is -0.385. The maximum Gasteiger partial charge on any atom is 0.343 e. The highest BCUT2D eigenvalue weighted by Crippen LogP contribution is 2.41. The fourth-order valence-electron chi connectivity index (χ4n) is 1.87. The highest BCUT2D eigenvalue weighted by atomic mass is 16.7. The lowest BCUT2D eigenvalue weighted by Gasteiger charge is -2.06. The van der Waals surface area contributed by atoms with Gasteiger partial charge in [0.25, 0.3) is 0 Å². The summed E-state index contributed by atoms with van der Waals surface area (Å²) in [5.41, 5.74) is -0.0620. The molecule has 0 spiro atoms. The maximum absolute atomic E-state index is 12.0. The van der Waals surface area contributed by atoms with E-state index in [1.54, 1.807) is 30.3 Å². The first-order chi connectivity index (χ1) is 10.1. The molecule has 0 amide bonds. The number of hydrogen-bond donors (Lipinski definition) is 0. The van der Waals surface area contributed by atoms with E-state index in [4.69, 9.17) is 14.2 Å². The second kappa shape index (κ2) is 5.12. The van der Waals surface area contributed by atoms with Crippen LogP contribution >= 0.6 is 0 Å². The topological polar surface area (TPSA) is 87.9 Å². The van der Waals surface area contributed by atoms with Crippen molar-refractivity contribution in [3.63, 3.8) is 0 Å². The summed E-state index contributed by atoms with van der Waals surface area (Å²) in [5.74, 6) is -0.312.